The molecule has 0 aliphatic heterocycles. The summed E-state index contributed by atoms with van der Waals surface area (Å²) in [5.74, 6) is 0.311. The predicted molar refractivity (Wildman–Crippen MR) is 79.6 cm³/mol. The molecule has 3 rings (SSSR count). The number of hydrogen-bond donors (Lipinski definition) is 3. The van der Waals surface area contributed by atoms with E-state index in [0.717, 1.165) is 12.8 Å². The molecule has 1 aliphatic rings. The number of sulfonamides is 1. The standard InChI is InChI=1S/C13H16ClN3O3S/c14-9-3-5-15-13-12(9)11(7-16-13)21(19,20)17-10(4-6-18)8-1-2-8/h3,5,7-8,10,17-18H,1-2,4,6H2,(H,15,16). The molecule has 2 heterocycles. The van der Waals surface area contributed by atoms with Gasteiger partial charge in [-0.25, -0.2) is 18.1 Å². The minimum absolute atomic E-state index is 0.0418. The van der Waals surface area contributed by atoms with E-state index >= 15 is 0 Å². The van der Waals surface area contributed by atoms with Gasteiger partial charge in [-0.1, -0.05) is 11.6 Å². The van der Waals surface area contributed by atoms with E-state index in [-0.39, 0.29) is 17.5 Å². The van der Waals surface area contributed by atoms with Crippen LogP contribution in [-0.4, -0.2) is 36.1 Å². The Bertz CT molecular complexity index is 755. The highest BCUT2D eigenvalue weighted by Crippen LogP contribution is 2.35. The largest absolute Gasteiger partial charge is 0.396 e. The summed E-state index contributed by atoms with van der Waals surface area (Å²) in [4.78, 5) is 6.98. The number of aromatic amines is 1. The first kappa shape index (κ1) is 14.8. The van der Waals surface area contributed by atoms with E-state index in [1.165, 1.54) is 12.4 Å². The third-order valence-electron chi connectivity index (χ3n) is 3.71. The molecule has 3 N–H and O–H groups in total. The van der Waals surface area contributed by atoms with Crippen LogP contribution in [0.1, 0.15) is 19.3 Å². The minimum Gasteiger partial charge on any atom is -0.396 e. The summed E-state index contributed by atoms with van der Waals surface area (Å²) in [6.45, 7) is -0.0418. The third-order valence-corrected chi connectivity index (χ3v) is 5.54. The van der Waals surface area contributed by atoms with Crippen LogP contribution in [-0.2, 0) is 10.0 Å². The van der Waals surface area contributed by atoms with E-state index < -0.39 is 10.0 Å². The van der Waals surface area contributed by atoms with Crippen molar-refractivity contribution in [3.05, 3.63) is 23.5 Å². The maximum atomic E-state index is 12.6. The molecule has 0 spiro atoms. The van der Waals surface area contributed by atoms with Crippen LogP contribution in [0.25, 0.3) is 11.0 Å². The molecule has 0 bridgehead atoms. The fourth-order valence-corrected chi connectivity index (χ4v) is 4.32. The van der Waals surface area contributed by atoms with Crippen molar-refractivity contribution in [2.24, 2.45) is 5.92 Å². The Balaban J connectivity index is 1.96. The molecule has 114 valence electrons. The fraction of sp³-hybridized carbons (Fsp3) is 0.462. The van der Waals surface area contributed by atoms with Crippen molar-refractivity contribution in [3.8, 4) is 0 Å². The van der Waals surface area contributed by atoms with Gasteiger partial charge in [-0.3, -0.25) is 0 Å². The SMILES string of the molecule is O=S(=O)(NC(CCO)C1CC1)c1c[nH]c2nccc(Cl)c12. The van der Waals surface area contributed by atoms with Gasteiger partial charge in [0.15, 0.2) is 0 Å². The molecule has 0 radical (unpaired) electrons. The second-order valence-electron chi connectivity index (χ2n) is 5.25. The molecule has 1 unspecified atom stereocenters. The lowest BCUT2D eigenvalue weighted by molar-refractivity contribution is 0.265. The number of aliphatic hydroxyl groups is 1. The number of fused-ring (bicyclic) bond motifs is 1. The molecule has 8 heteroatoms. The number of nitrogens with one attached hydrogen (secondary N) is 2. The molecule has 1 aliphatic carbocycles. The Morgan fingerprint density at radius 3 is 2.95 bits per heavy atom. The van der Waals surface area contributed by atoms with Crippen LogP contribution in [0.5, 0.6) is 0 Å². The number of H-pyrrole nitrogens is 1. The van der Waals surface area contributed by atoms with Gasteiger partial charge in [0, 0.05) is 25.0 Å². The minimum atomic E-state index is -3.71. The van der Waals surface area contributed by atoms with Gasteiger partial charge in [0.25, 0.3) is 0 Å². The first-order valence-corrected chi connectivity index (χ1v) is 8.64. The van der Waals surface area contributed by atoms with E-state index in [1.54, 1.807) is 6.07 Å². The number of aliphatic hydroxyl groups excluding tert-OH is 1. The van der Waals surface area contributed by atoms with Crippen LogP contribution >= 0.6 is 11.6 Å². The first-order chi connectivity index (χ1) is 10.0. The summed E-state index contributed by atoms with van der Waals surface area (Å²) in [5.41, 5.74) is 0.438. The molecule has 0 saturated heterocycles. The molecule has 0 amide bonds. The number of hydrogen-bond acceptors (Lipinski definition) is 4. The molecule has 1 atom stereocenters. The van der Waals surface area contributed by atoms with Gasteiger partial charge in [0.1, 0.15) is 10.5 Å². The van der Waals surface area contributed by atoms with Gasteiger partial charge in [-0.2, -0.15) is 0 Å². The molecular weight excluding hydrogens is 314 g/mol. The van der Waals surface area contributed by atoms with Crippen LogP contribution in [0.3, 0.4) is 0 Å². The summed E-state index contributed by atoms with van der Waals surface area (Å²) in [7, 11) is -3.71. The zero-order chi connectivity index (χ0) is 15.0. The smallest absolute Gasteiger partial charge is 0.243 e. The lowest BCUT2D eigenvalue weighted by Gasteiger charge is -2.16. The third kappa shape index (κ3) is 2.91. The topological polar surface area (TPSA) is 95.1 Å². The highest BCUT2D eigenvalue weighted by atomic mass is 35.5. The molecule has 2 aromatic rings. The van der Waals surface area contributed by atoms with Crippen molar-refractivity contribution >= 4 is 32.7 Å². The van der Waals surface area contributed by atoms with E-state index in [0.29, 0.717) is 28.4 Å². The van der Waals surface area contributed by atoms with Crippen molar-refractivity contribution in [2.75, 3.05) is 6.61 Å². The first-order valence-electron chi connectivity index (χ1n) is 6.77. The molecule has 6 nitrogen and oxygen atoms in total. The Hall–Kier alpha value is -1.15. The predicted octanol–water partition coefficient (Wildman–Crippen LogP) is 1.66. The van der Waals surface area contributed by atoms with Gasteiger partial charge in [0.2, 0.25) is 10.0 Å². The molecule has 2 aromatic heterocycles. The number of aromatic nitrogens is 2. The van der Waals surface area contributed by atoms with Crippen molar-refractivity contribution < 1.29 is 13.5 Å². The van der Waals surface area contributed by atoms with E-state index in [9.17, 15) is 8.42 Å². The molecule has 1 saturated carbocycles. The lowest BCUT2D eigenvalue weighted by Crippen LogP contribution is -2.37. The van der Waals surface area contributed by atoms with Crippen molar-refractivity contribution in [1.82, 2.24) is 14.7 Å². The van der Waals surface area contributed by atoms with Crippen molar-refractivity contribution in [2.45, 2.75) is 30.2 Å². The Morgan fingerprint density at radius 2 is 2.29 bits per heavy atom. The quantitative estimate of drug-likeness (QED) is 0.751. The average Bonchev–Trinajstić information content (AvgIpc) is 3.17. The molecule has 1 fully saturated rings. The van der Waals surface area contributed by atoms with Gasteiger partial charge in [-0.05, 0) is 31.2 Å². The number of rotatable bonds is 6. The van der Waals surface area contributed by atoms with Gasteiger partial charge in [-0.15, -0.1) is 0 Å². The highest BCUT2D eigenvalue weighted by Gasteiger charge is 2.34. The maximum Gasteiger partial charge on any atom is 0.243 e. The summed E-state index contributed by atoms with van der Waals surface area (Å²) < 4.78 is 27.8. The normalized spacial score (nSPS) is 17.2. The lowest BCUT2D eigenvalue weighted by atomic mass is 10.1. The van der Waals surface area contributed by atoms with Crippen molar-refractivity contribution in [3.63, 3.8) is 0 Å². The summed E-state index contributed by atoms with van der Waals surface area (Å²) in [6.07, 6.45) is 5.31. The zero-order valence-electron chi connectivity index (χ0n) is 11.2. The van der Waals surface area contributed by atoms with Gasteiger partial charge >= 0.3 is 0 Å². The fourth-order valence-electron chi connectivity index (χ4n) is 2.49. The number of halogens is 1. The van der Waals surface area contributed by atoms with Crippen LogP contribution < -0.4 is 4.72 Å². The van der Waals surface area contributed by atoms with E-state index in [2.05, 4.69) is 14.7 Å². The van der Waals surface area contributed by atoms with Crippen LogP contribution in [0.4, 0.5) is 0 Å². The highest BCUT2D eigenvalue weighted by molar-refractivity contribution is 7.89. The molecule has 21 heavy (non-hydrogen) atoms. The van der Waals surface area contributed by atoms with E-state index in [4.69, 9.17) is 16.7 Å². The van der Waals surface area contributed by atoms with Gasteiger partial charge < -0.3 is 10.1 Å². The number of pyridine rings is 1. The second-order valence-corrected chi connectivity index (χ2v) is 7.34. The van der Waals surface area contributed by atoms with Crippen LogP contribution in [0.2, 0.25) is 5.02 Å². The summed E-state index contributed by atoms with van der Waals surface area (Å²) in [6, 6.07) is 1.32. The average molecular weight is 330 g/mol. The number of nitrogens with zero attached hydrogens (tertiary/aromatic N) is 1. The second kappa shape index (κ2) is 5.57. The molecular formula is C13H16ClN3O3S. The van der Waals surface area contributed by atoms with E-state index in [1.807, 2.05) is 0 Å². The monoisotopic (exact) mass is 329 g/mol. The zero-order valence-corrected chi connectivity index (χ0v) is 12.8. The Morgan fingerprint density at radius 1 is 1.52 bits per heavy atom. The van der Waals surface area contributed by atoms with Crippen LogP contribution in [0, 0.1) is 5.92 Å². The summed E-state index contributed by atoms with van der Waals surface area (Å²) >= 11 is 6.09. The van der Waals surface area contributed by atoms with Crippen molar-refractivity contribution in [1.29, 1.82) is 0 Å². The Kier molecular flexibility index (Phi) is 3.92. The maximum absolute atomic E-state index is 12.6. The summed E-state index contributed by atoms with van der Waals surface area (Å²) in [5, 5.41) is 9.82. The molecule has 0 aromatic carbocycles. The Labute approximate surface area is 127 Å². The van der Waals surface area contributed by atoms with Gasteiger partial charge in [0.05, 0.1) is 10.4 Å². The van der Waals surface area contributed by atoms with Crippen LogP contribution in [0.15, 0.2) is 23.4 Å².